The summed E-state index contributed by atoms with van der Waals surface area (Å²) in [5.41, 5.74) is 5.50. The van der Waals surface area contributed by atoms with Crippen LogP contribution in [0.25, 0.3) is 22.2 Å². The lowest BCUT2D eigenvalue weighted by atomic mass is 10.1. The zero-order valence-electron chi connectivity index (χ0n) is 19.0. The lowest BCUT2D eigenvalue weighted by molar-refractivity contribution is 0.101. The number of carbonyl (C=O) groups excluding carboxylic acids is 2. The second-order valence-electron chi connectivity index (χ2n) is 8.07. The van der Waals surface area contributed by atoms with Crippen molar-refractivity contribution < 1.29 is 14.3 Å². The van der Waals surface area contributed by atoms with Gasteiger partial charge in [-0.05, 0) is 78.4 Å². The van der Waals surface area contributed by atoms with Gasteiger partial charge >= 0.3 is 0 Å². The number of benzene rings is 4. The predicted molar refractivity (Wildman–Crippen MR) is 139 cm³/mol. The second kappa shape index (κ2) is 9.57. The molecule has 4 aromatic carbocycles. The Labute approximate surface area is 202 Å². The van der Waals surface area contributed by atoms with Crippen LogP contribution >= 0.6 is 0 Å². The first-order chi connectivity index (χ1) is 17.1. The number of hydrogen-bond donors (Lipinski definition) is 3. The van der Waals surface area contributed by atoms with Crippen LogP contribution in [-0.4, -0.2) is 23.9 Å². The van der Waals surface area contributed by atoms with Gasteiger partial charge in [0.15, 0.2) is 0 Å². The van der Waals surface area contributed by atoms with Crippen LogP contribution in [0, 0.1) is 0 Å². The molecule has 3 N–H and O–H groups in total. The third kappa shape index (κ3) is 4.91. The molecule has 0 radical (unpaired) electrons. The molecule has 2 amide bonds. The van der Waals surface area contributed by atoms with E-state index in [0.717, 1.165) is 27.8 Å². The summed E-state index contributed by atoms with van der Waals surface area (Å²) in [6.07, 6.45) is 0. The summed E-state index contributed by atoms with van der Waals surface area (Å²) in [7, 11) is 1.59. The van der Waals surface area contributed by atoms with E-state index in [-0.39, 0.29) is 11.8 Å². The number of carbonyl (C=O) groups is 2. The smallest absolute Gasteiger partial charge is 0.255 e. The average molecular weight is 462 g/mol. The molecule has 1 aromatic heterocycles. The highest BCUT2D eigenvalue weighted by Gasteiger charge is 2.10. The number of H-pyrrole nitrogens is 1. The van der Waals surface area contributed by atoms with Crippen molar-refractivity contribution >= 4 is 34.1 Å². The summed E-state index contributed by atoms with van der Waals surface area (Å²) in [4.78, 5) is 28.4. The van der Waals surface area contributed by atoms with Gasteiger partial charge < -0.3 is 20.4 Å². The molecule has 0 spiro atoms. The zero-order valence-corrected chi connectivity index (χ0v) is 19.0. The van der Waals surface area contributed by atoms with Crippen molar-refractivity contribution in [3.05, 3.63) is 114 Å². The van der Waals surface area contributed by atoms with Crippen LogP contribution in [0.15, 0.2) is 103 Å². The first-order valence-corrected chi connectivity index (χ1v) is 11.1. The van der Waals surface area contributed by atoms with Crippen LogP contribution in [0.1, 0.15) is 20.7 Å². The van der Waals surface area contributed by atoms with Gasteiger partial charge in [0.05, 0.1) is 7.11 Å². The molecule has 1 heterocycles. The van der Waals surface area contributed by atoms with Crippen molar-refractivity contribution in [3.8, 4) is 17.0 Å². The normalized spacial score (nSPS) is 10.7. The van der Waals surface area contributed by atoms with Crippen LogP contribution in [0.5, 0.6) is 5.75 Å². The molecule has 0 atom stereocenters. The second-order valence-corrected chi connectivity index (χ2v) is 8.07. The highest BCUT2D eigenvalue weighted by atomic mass is 16.5. The summed E-state index contributed by atoms with van der Waals surface area (Å²) < 4.78 is 5.14. The maximum Gasteiger partial charge on any atom is 0.255 e. The fraction of sp³-hybridized carbons (Fsp3) is 0.0345. The van der Waals surface area contributed by atoms with Crippen molar-refractivity contribution in [3.63, 3.8) is 0 Å². The minimum atomic E-state index is -0.184. The van der Waals surface area contributed by atoms with E-state index < -0.39 is 0 Å². The maximum atomic E-state index is 12.6. The minimum Gasteiger partial charge on any atom is -0.497 e. The lowest BCUT2D eigenvalue weighted by Gasteiger charge is -2.06. The average Bonchev–Trinajstić information content (AvgIpc) is 3.33. The molecule has 172 valence electrons. The third-order valence-electron chi connectivity index (χ3n) is 5.72. The van der Waals surface area contributed by atoms with E-state index in [1.807, 2.05) is 66.7 Å². The van der Waals surface area contributed by atoms with Crippen LogP contribution in [0.2, 0.25) is 0 Å². The molecule has 0 bridgehead atoms. The quantitative estimate of drug-likeness (QED) is 0.276. The van der Waals surface area contributed by atoms with Gasteiger partial charge in [0.25, 0.3) is 11.8 Å². The van der Waals surface area contributed by atoms with E-state index in [1.54, 1.807) is 43.5 Å². The molecule has 35 heavy (non-hydrogen) atoms. The molecular weight excluding hydrogens is 438 g/mol. The largest absolute Gasteiger partial charge is 0.497 e. The molecule has 0 aliphatic carbocycles. The van der Waals surface area contributed by atoms with Crippen LogP contribution in [0.4, 0.5) is 11.4 Å². The van der Waals surface area contributed by atoms with E-state index in [2.05, 4.69) is 15.6 Å². The first kappa shape index (κ1) is 22.0. The molecule has 5 aromatic rings. The summed E-state index contributed by atoms with van der Waals surface area (Å²) >= 11 is 0. The zero-order chi connectivity index (χ0) is 24.2. The number of ether oxygens (including phenoxy) is 1. The summed E-state index contributed by atoms with van der Waals surface area (Å²) in [5.74, 6) is 0.374. The number of aromatic nitrogens is 1. The highest BCUT2D eigenvalue weighted by Crippen LogP contribution is 2.27. The van der Waals surface area contributed by atoms with Crippen molar-refractivity contribution in [1.29, 1.82) is 0 Å². The van der Waals surface area contributed by atoms with Crippen molar-refractivity contribution in [1.82, 2.24) is 4.98 Å². The first-order valence-electron chi connectivity index (χ1n) is 11.1. The summed E-state index contributed by atoms with van der Waals surface area (Å²) in [6.45, 7) is 0. The molecule has 6 heteroatoms. The van der Waals surface area contributed by atoms with E-state index in [4.69, 9.17) is 4.74 Å². The Balaban J connectivity index is 1.29. The Hall–Kier alpha value is -4.84. The Morgan fingerprint density at radius 3 is 2.00 bits per heavy atom. The van der Waals surface area contributed by atoms with Gasteiger partial charge in [0.1, 0.15) is 5.75 Å². The van der Waals surface area contributed by atoms with Gasteiger partial charge in [-0.2, -0.15) is 0 Å². The number of nitrogens with one attached hydrogen (secondary N) is 3. The van der Waals surface area contributed by atoms with Gasteiger partial charge in [-0.3, -0.25) is 9.59 Å². The van der Waals surface area contributed by atoms with Crippen LogP contribution in [0.3, 0.4) is 0 Å². The molecular formula is C29H23N3O3. The minimum absolute atomic E-state index is 0.145. The van der Waals surface area contributed by atoms with Gasteiger partial charge in [-0.1, -0.05) is 30.3 Å². The fourth-order valence-electron chi connectivity index (χ4n) is 3.84. The number of hydrogen-bond acceptors (Lipinski definition) is 3. The Kier molecular flexibility index (Phi) is 6.01. The fourth-order valence-corrected chi connectivity index (χ4v) is 3.84. The van der Waals surface area contributed by atoms with Gasteiger partial charge in [-0.15, -0.1) is 0 Å². The monoisotopic (exact) mass is 461 g/mol. The summed E-state index contributed by atoms with van der Waals surface area (Å²) in [6, 6.07) is 31.5. The predicted octanol–water partition coefficient (Wildman–Crippen LogP) is 6.35. The van der Waals surface area contributed by atoms with Gasteiger partial charge in [-0.25, -0.2) is 0 Å². The SMILES string of the molecule is COc1ccc(C(=O)Nc2ccc3[nH]c(-c4ccc(NC(=O)c5ccccc5)cc4)cc3c2)cc1. The van der Waals surface area contributed by atoms with Gasteiger partial charge in [0.2, 0.25) is 0 Å². The van der Waals surface area contributed by atoms with E-state index in [0.29, 0.717) is 22.6 Å². The molecule has 0 aliphatic rings. The van der Waals surface area contributed by atoms with E-state index in [1.165, 1.54) is 0 Å². The van der Waals surface area contributed by atoms with E-state index >= 15 is 0 Å². The Morgan fingerprint density at radius 2 is 1.31 bits per heavy atom. The third-order valence-corrected chi connectivity index (χ3v) is 5.72. The number of anilines is 2. The molecule has 0 aliphatic heterocycles. The topological polar surface area (TPSA) is 83.2 Å². The summed E-state index contributed by atoms with van der Waals surface area (Å²) in [5, 5.41) is 6.84. The molecule has 0 unspecified atom stereocenters. The standard InChI is InChI=1S/C29H23N3O3/c1-35-25-14-9-21(10-15-25)29(34)31-24-13-16-26-22(17-24)18-27(32-26)19-7-11-23(12-8-19)30-28(33)20-5-3-2-4-6-20/h2-18,32H,1H3,(H,30,33)(H,31,34). The molecule has 6 nitrogen and oxygen atoms in total. The molecule has 0 fully saturated rings. The van der Waals surface area contributed by atoms with Crippen molar-refractivity contribution in [2.75, 3.05) is 17.7 Å². The number of fused-ring (bicyclic) bond motifs is 1. The van der Waals surface area contributed by atoms with Crippen molar-refractivity contribution in [2.45, 2.75) is 0 Å². The number of rotatable bonds is 6. The van der Waals surface area contributed by atoms with Crippen LogP contribution in [-0.2, 0) is 0 Å². The maximum absolute atomic E-state index is 12.6. The lowest BCUT2D eigenvalue weighted by Crippen LogP contribution is -2.11. The molecule has 5 rings (SSSR count). The van der Waals surface area contributed by atoms with Gasteiger partial charge in [0, 0.05) is 39.1 Å². The molecule has 0 saturated heterocycles. The Morgan fingerprint density at radius 1 is 0.686 bits per heavy atom. The van der Waals surface area contributed by atoms with E-state index in [9.17, 15) is 9.59 Å². The Bertz CT molecular complexity index is 1490. The van der Waals surface area contributed by atoms with Crippen LogP contribution < -0.4 is 15.4 Å². The highest BCUT2D eigenvalue weighted by molar-refractivity contribution is 6.05. The number of aromatic amines is 1. The molecule has 0 saturated carbocycles. The number of amides is 2. The number of methoxy groups -OCH3 is 1. The van der Waals surface area contributed by atoms with Crippen molar-refractivity contribution in [2.24, 2.45) is 0 Å².